The maximum atomic E-state index is 12.8. The lowest BCUT2D eigenvalue weighted by atomic mass is 10.1. The molecule has 0 bridgehead atoms. The van der Waals surface area contributed by atoms with Crippen LogP contribution in [-0.4, -0.2) is 7.05 Å². The van der Waals surface area contributed by atoms with Crippen molar-refractivity contribution in [3.8, 4) is 0 Å². The fraction of sp³-hybridized carbons (Fsp3) is 0.200. The van der Waals surface area contributed by atoms with Gasteiger partial charge in [-0.15, -0.1) is 0 Å². The van der Waals surface area contributed by atoms with E-state index in [0.29, 0.717) is 5.70 Å². The van der Waals surface area contributed by atoms with E-state index in [1.54, 1.807) is 20.0 Å². The van der Waals surface area contributed by atoms with E-state index in [1.807, 2.05) is 0 Å². The summed E-state index contributed by atoms with van der Waals surface area (Å²) in [5.41, 5.74) is 0.828. The number of halogens is 3. The second-order valence-electron chi connectivity index (χ2n) is 2.71. The number of hydrogen-bond donors (Lipinski definition) is 1. The van der Waals surface area contributed by atoms with Crippen LogP contribution >= 0.6 is 0 Å². The summed E-state index contributed by atoms with van der Waals surface area (Å²) in [5.74, 6) is -3.82. The van der Waals surface area contributed by atoms with Gasteiger partial charge in [0.25, 0.3) is 0 Å². The highest BCUT2D eigenvalue weighted by Crippen LogP contribution is 2.18. The molecule has 0 aliphatic carbocycles. The monoisotopic (exact) mass is 201 g/mol. The van der Waals surface area contributed by atoms with E-state index in [2.05, 4.69) is 5.32 Å². The van der Waals surface area contributed by atoms with E-state index in [9.17, 15) is 13.2 Å². The summed E-state index contributed by atoms with van der Waals surface area (Å²) < 4.78 is 38.2. The van der Waals surface area contributed by atoms with Crippen molar-refractivity contribution >= 4 is 5.70 Å². The van der Waals surface area contributed by atoms with Gasteiger partial charge in [-0.05, 0) is 19.1 Å². The molecule has 0 aliphatic rings. The largest absolute Gasteiger partial charge is 0.388 e. The molecule has 14 heavy (non-hydrogen) atoms. The molecule has 0 amide bonds. The first-order valence-corrected chi connectivity index (χ1v) is 4.09. The molecule has 4 heteroatoms. The molecule has 1 rings (SSSR count). The van der Waals surface area contributed by atoms with Gasteiger partial charge >= 0.3 is 0 Å². The second kappa shape index (κ2) is 4.17. The van der Waals surface area contributed by atoms with E-state index in [1.165, 1.54) is 0 Å². The standard InChI is InChI=1S/C10H10F3N/c1-3-9(14-2)6-4-7(11)10(13)8(12)5-6/h3-5,14H,1-2H3/b9-3-. The van der Waals surface area contributed by atoms with E-state index in [4.69, 9.17) is 0 Å². The van der Waals surface area contributed by atoms with Crippen molar-refractivity contribution in [2.24, 2.45) is 0 Å². The maximum Gasteiger partial charge on any atom is 0.194 e. The van der Waals surface area contributed by atoms with Crippen LogP contribution in [0.4, 0.5) is 13.2 Å². The lowest BCUT2D eigenvalue weighted by Crippen LogP contribution is -2.05. The molecule has 1 aromatic rings. The van der Waals surface area contributed by atoms with Crippen LogP contribution in [0.15, 0.2) is 18.2 Å². The molecule has 1 aromatic carbocycles. The van der Waals surface area contributed by atoms with E-state index in [-0.39, 0.29) is 5.56 Å². The summed E-state index contributed by atoms with van der Waals surface area (Å²) in [5, 5.41) is 2.75. The summed E-state index contributed by atoms with van der Waals surface area (Å²) in [6, 6.07) is 1.90. The smallest absolute Gasteiger partial charge is 0.194 e. The average Bonchev–Trinajstić information content (AvgIpc) is 2.16. The molecule has 76 valence electrons. The molecular weight excluding hydrogens is 191 g/mol. The molecule has 0 atom stereocenters. The summed E-state index contributed by atoms with van der Waals surface area (Å²) >= 11 is 0. The van der Waals surface area contributed by atoms with Crippen LogP contribution < -0.4 is 5.32 Å². The van der Waals surface area contributed by atoms with Gasteiger partial charge < -0.3 is 5.32 Å². The highest BCUT2D eigenvalue weighted by Gasteiger charge is 2.11. The number of allylic oxidation sites excluding steroid dienone is 1. The molecule has 1 nitrogen and oxygen atoms in total. The Bertz CT molecular complexity index is 349. The minimum Gasteiger partial charge on any atom is -0.388 e. The van der Waals surface area contributed by atoms with Crippen molar-refractivity contribution in [1.29, 1.82) is 0 Å². The van der Waals surface area contributed by atoms with E-state index in [0.717, 1.165) is 12.1 Å². The molecule has 0 fully saturated rings. The molecule has 0 saturated carbocycles. The number of hydrogen-bond acceptors (Lipinski definition) is 1. The van der Waals surface area contributed by atoms with Crippen LogP contribution in [0, 0.1) is 17.5 Å². The predicted molar refractivity (Wildman–Crippen MR) is 49.0 cm³/mol. The van der Waals surface area contributed by atoms with Crippen molar-refractivity contribution in [2.75, 3.05) is 7.05 Å². The molecule has 0 radical (unpaired) electrons. The minimum absolute atomic E-state index is 0.284. The predicted octanol–water partition coefficient (Wildman–Crippen LogP) is 2.68. The molecule has 1 N–H and O–H groups in total. The summed E-state index contributed by atoms with van der Waals surface area (Å²) in [6.07, 6.45) is 1.64. The Labute approximate surface area is 80.2 Å². The van der Waals surface area contributed by atoms with Crippen LogP contribution in [0.25, 0.3) is 5.70 Å². The third-order valence-corrected chi connectivity index (χ3v) is 1.85. The number of benzene rings is 1. The zero-order valence-corrected chi connectivity index (χ0v) is 7.87. The van der Waals surface area contributed by atoms with Crippen molar-refractivity contribution in [3.05, 3.63) is 41.2 Å². The van der Waals surface area contributed by atoms with Crippen molar-refractivity contribution in [1.82, 2.24) is 5.32 Å². The summed E-state index contributed by atoms with van der Waals surface area (Å²) in [6.45, 7) is 1.71. The molecule has 0 unspecified atom stereocenters. The first-order chi connectivity index (χ1) is 6.60. The quantitative estimate of drug-likeness (QED) is 0.725. The summed E-state index contributed by atoms with van der Waals surface area (Å²) in [7, 11) is 1.62. The van der Waals surface area contributed by atoms with Gasteiger partial charge in [0.05, 0.1) is 0 Å². The Hall–Kier alpha value is -1.45. The van der Waals surface area contributed by atoms with Crippen LogP contribution in [0.3, 0.4) is 0 Å². The molecular formula is C10H10F3N. The molecule has 0 saturated heterocycles. The van der Waals surface area contributed by atoms with Crippen molar-refractivity contribution < 1.29 is 13.2 Å². The van der Waals surface area contributed by atoms with Crippen LogP contribution in [0.5, 0.6) is 0 Å². The lowest BCUT2D eigenvalue weighted by molar-refractivity contribution is 0.446. The van der Waals surface area contributed by atoms with Crippen LogP contribution in [0.2, 0.25) is 0 Å². The average molecular weight is 201 g/mol. The SMILES string of the molecule is C/C=C(\NC)c1cc(F)c(F)c(F)c1. The van der Waals surface area contributed by atoms with Crippen LogP contribution in [-0.2, 0) is 0 Å². The fourth-order valence-corrected chi connectivity index (χ4v) is 1.17. The van der Waals surface area contributed by atoms with Gasteiger partial charge in [0.15, 0.2) is 17.5 Å². The third-order valence-electron chi connectivity index (χ3n) is 1.85. The number of rotatable bonds is 2. The zero-order chi connectivity index (χ0) is 10.7. The Kier molecular flexibility index (Phi) is 3.17. The van der Waals surface area contributed by atoms with Gasteiger partial charge in [0, 0.05) is 18.3 Å². The van der Waals surface area contributed by atoms with Gasteiger partial charge in [0.2, 0.25) is 0 Å². The first-order valence-electron chi connectivity index (χ1n) is 4.09. The van der Waals surface area contributed by atoms with Gasteiger partial charge in [-0.2, -0.15) is 0 Å². The van der Waals surface area contributed by atoms with E-state index < -0.39 is 17.5 Å². The Balaban J connectivity index is 3.25. The highest BCUT2D eigenvalue weighted by atomic mass is 19.2. The van der Waals surface area contributed by atoms with E-state index >= 15 is 0 Å². The maximum absolute atomic E-state index is 12.8. The fourth-order valence-electron chi connectivity index (χ4n) is 1.17. The lowest BCUT2D eigenvalue weighted by Gasteiger charge is -2.07. The molecule has 0 aliphatic heterocycles. The third kappa shape index (κ3) is 1.89. The molecule has 0 aromatic heterocycles. The minimum atomic E-state index is -1.44. The Morgan fingerprint density at radius 2 is 1.71 bits per heavy atom. The summed E-state index contributed by atoms with van der Waals surface area (Å²) in [4.78, 5) is 0. The topological polar surface area (TPSA) is 12.0 Å². The first kappa shape index (κ1) is 10.6. The molecule has 0 heterocycles. The number of nitrogens with one attached hydrogen (secondary N) is 1. The van der Waals surface area contributed by atoms with Crippen LogP contribution in [0.1, 0.15) is 12.5 Å². The second-order valence-corrected chi connectivity index (χ2v) is 2.71. The van der Waals surface area contributed by atoms with Gasteiger partial charge in [-0.1, -0.05) is 6.08 Å². The van der Waals surface area contributed by atoms with Crippen molar-refractivity contribution in [3.63, 3.8) is 0 Å². The Morgan fingerprint density at radius 1 is 1.21 bits per heavy atom. The normalized spacial score (nSPS) is 11.6. The van der Waals surface area contributed by atoms with Gasteiger partial charge in [-0.3, -0.25) is 0 Å². The van der Waals surface area contributed by atoms with Gasteiger partial charge in [0.1, 0.15) is 0 Å². The van der Waals surface area contributed by atoms with Crippen molar-refractivity contribution in [2.45, 2.75) is 6.92 Å². The highest BCUT2D eigenvalue weighted by molar-refractivity contribution is 5.63. The van der Waals surface area contributed by atoms with Gasteiger partial charge in [-0.25, -0.2) is 13.2 Å². The Morgan fingerprint density at radius 3 is 2.07 bits per heavy atom. The zero-order valence-electron chi connectivity index (χ0n) is 7.87. The molecule has 0 spiro atoms.